The highest BCUT2D eigenvalue weighted by Gasteiger charge is 2.04. The number of rotatable bonds is 2. The van der Waals surface area contributed by atoms with Crippen LogP contribution in [-0.2, 0) is 6.54 Å². The maximum atomic E-state index is 12.7. The van der Waals surface area contributed by atoms with Crippen molar-refractivity contribution in [1.82, 2.24) is 4.98 Å². The highest BCUT2D eigenvalue weighted by Crippen LogP contribution is 2.26. The van der Waals surface area contributed by atoms with Crippen molar-refractivity contribution in [3.05, 3.63) is 48.0 Å². The van der Waals surface area contributed by atoms with Crippen LogP contribution in [0, 0.1) is 5.95 Å². The Bertz CT molecular complexity index is 494. The van der Waals surface area contributed by atoms with Gasteiger partial charge in [0.05, 0.1) is 0 Å². The van der Waals surface area contributed by atoms with Crippen molar-refractivity contribution in [3.8, 4) is 11.1 Å². The molecule has 0 amide bonds. The molecular formula is C12H12FN3. The van der Waals surface area contributed by atoms with Gasteiger partial charge in [0.2, 0.25) is 5.95 Å². The van der Waals surface area contributed by atoms with E-state index in [-0.39, 0.29) is 0 Å². The third-order valence-electron chi connectivity index (χ3n) is 2.39. The van der Waals surface area contributed by atoms with E-state index in [2.05, 4.69) is 4.98 Å². The number of pyridine rings is 1. The Morgan fingerprint density at radius 2 is 2.00 bits per heavy atom. The molecule has 0 saturated carbocycles. The van der Waals surface area contributed by atoms with Crippen LogP contribution in [-0.4, -0.2) is 4.98 Å². The molecule has 4 N–H and O–H groups in total. The number of hydrogen-bond acceptors (Lipinski definition) is 3. The number of nitrogen functional groups attached to an aromatic ring is 1. The molecule has 4 heteroatoms. The molecule has 0 saturated heterocycles. The van der Waals surface area contributed by atoms with E-state index >= 15 is 0 Å². The van der Waals surface area contributed by atoms with E-state index in [0.29, 0.717) is 12.2 Å². The van der Waals surface area contributed by atoms with Crippen LogP contribution in [0.15, 0.2) is 36.5 Å². The molecule has 0 fully saturated rings. The van der Waals surface area contributed by atoms with Crippen LogP contribution in [0.1, 0.15) is 5.56 Å². The Morgan fingerprint density at radius 1 is 1.19 bits per heavy atom. The summed E-state index contributed by atoms with van der Waals surface area (Å²) in [5.41, 5.74) is 14.6. The molecule has 0 aliphatic carbocycles. The SMILES string of the molecule is NCc1ccc(N)c(-c2ccc(F)nc2)c1. The fourth-order valence-corrected chi connectivity index (χ4v) is 1.52. The number of halogens is 1. The van der Waals surface area contributed by atoms with Crippen LogP contribution in [0.5, 0.6) is 0 Å². The van der Waals surface area contributed by atoms with E-state index < -0.39 is 5.95 Å². The number of aromatic nitrogens is 1. The fourth-order valence-electron chi connectivity index (χ4n) is 1.52. The minimum atomic E-state index is -0.502. The molecule has 0 aliphatic heterocycles. The lowest BCUT2D eigenvalue weighted by molar-refractivity contribution is 0.584. The first kappa shape index (κ1) is 10.6. The Morgan fingerprint density at radius 3 is 2.62 bits per heavy atom. The summed E-state index contributed by atoms with van der Waals surface area (Å²) in [6.07, 6.45) is 1.46. The van der Waals surface area contributed by atoms with Gasteiger partial charge in [-0.15, -0.1) is 0 Å². The Kier molecular flexibility index (Phi) is 2.83. The molecule has 16 heavy (non-hydrogen) atoms. The summed E-state index contributed by atoms with van der Waals surface area (Å²) in [5.74, 6) is -0.502. The standard InChI is InChI=1S/C12H12FN3/c13-12-4-2-9(7-16-12)10-5-8(6-14)1-3-11(10)15/h1-5,7H,6,14-15H2. The summed E-state index contributed by atoms with van der Waals surface area (Å²) < 4.78 is 12.7. The van der Waals surface area contributed by atoms with Crippen LogP contribution >= 0.6 is 0 Å². The summed E-state index contributed by atoms with van der Waals surface area (Å²) >= 11 is 0. The minimum Gasteiger partial charge on any atom is -0.398 e. The normalized spacial score (nSPS) is 10.4. The molecule has 2 aromatic rings. The van der Waals surface area contributed by atoms with Crippen LogP contribution in [0.4, 0.5) is 10.1 Å². The molecule has 1 aromatic carbocycles. The Hall–Kier alpha value is -1.94. The molecule has 0 atom stereocenters. The second kappa shape index (κ2) is 4.28. The molecule has 1 heterocycles. The van der Waals surface area contributed by atoms with Gasteiger partial charge in [0.15, 0.2) is 0 Å². The van der Waals surface area contributed by atoms with E-state index in [1.807, 2.05) is 12.1 Å². The number of nitrogens with two attached hydrogens (primary N) is 2. The van der Waals surface area contributed by atoms with Crippen molar-refractivity contribution in [1.29, 1.82) is 0 Å². The van der Waals surface area contributed by atoms with Crippen molar-refractivity contribution in [3.63, 3.8) is 0 Å². The zero-order chi connectivity index (χ0) is 11.5. The van der Waals surface area contributed by atoms with Gasteiger partial charge in [-0.25, -0.2) is 4.98 Å². The summed E-state index contributed by atoms with van der Waals surface area (Å²) in [4.78, 5) is 3.60. The molecule has 0 aliphatic rings. The molecule has 3 nitrogen and oxygen atoms in total. The maximum Gasteiger partial charge on any atom is 0.212 e. The van der Waals surface area contributed by atoms with E-state index in [0.717, 1.165) is 16.7 Å². The Balaban J connectivity index is 2.50. The number of nitrogens with zero attached hydrogens (tertiary/aromatic N) is 1. The van der Waals surface area contributed by atoms with Gasteiger partial charge in [-0.3, -0.25) is 0 Å². The van der Waals surface area contributed by atoms with Gasteiger partial charge in [-0.1, -0.05) is 6.07 Å². The topological polar surface area (TPSA) is 64.9 Å². The molecule has 0 spiro atoms. The monoisotopic (exact) mass is 217 g/mol. The summed E-state index contributed by atoms with van der Waals surface area (Å²) in [6.45, 7) is 0.446. The molecule has 0 bridgehead atoms. The fraction of sp³-hybridized carbons (Fsp3) is 0.0833. The second-order valence-electron chi connectivity index (χ2n) is 3.50. The van der Waals surface area contributed by atoms with Gasteiger partial charge >= 0.3 is 0 Å². The summed E-state index contributed by atoms with van der Waals surface area (Å²) in [7, 11) is 0. The van der Waals surface area contributed by atoms with Crippen LogP contribution in [0.2, 0.25) is 0 Å². The quantitative estimate of drug-likeness (QED) is 0.596. The smallest absolute Gasteiger partial charge is 0.212 e. The molecule has 2 rings (SSSR count). The first-order valence-electron chi connectivity index (χ1n) is 4.91. The third kappa shape index (κ3) is 2.01. The van der Waals surface area contributed by atoms with Crippen molar-refractivity contribution in [2.75, 3.05) is 5.73 Å². The Labute approximate surface area is 92.9 Å². The van der Waals surface area contributed by atoms with E-state index in [9.17, 15) is 4.39 Å². The number of hydrogen-bond donors (Lipinski definition) is 2. The van der Waals surface area contributed by atoms with Gasteiger partial charge in [0.25, 0.3) is 0 Å². The van der Waals surface area contributed by atoms with E-state index in [1.54, 1.807) is 12.1 Å². The molecule has 0 unspecified atom stereocenters. The van der Waals surface area contributed by atoms with Crippen molar-refractivity contribution in [2.24, 2.45) is 5.73 Å². The van der Waals surface area contributed by atoms with E-state index in [4.69, 9.17) is 11.5 Å². The second-order valence-corrected chi connectivity index (χ2v) is 3.50. The number of benzene rings is 1. The number of anilines is 1. The lowest BCUT2D eigenvalue weighted by Gasteiger charge is -2.07. The van der Waals surface area contributed by atoms with Crippen molar-refractivity contribution < 1.29 is 4.39 Å². The highest BCUT2D eigenvalue weighted by molar-refractivity contribution is 5.76. The van der Waals surface area contributed by atoms with Crippen LogP contribution in [0.25, 0.3) is 11.1 Å². The molecule has 1 aromatic heterocycles. The van der Waals surface area contributed by atoms with Crippen molar-refractivity contribution in [2.45, 2.75) is 6.54 Å². The predicted octanol–water partition coefficient (Wildman–Crippen LogP) is 1.93. The van der Waals surface area contributed by atoms with Gasteiger partial charge < -0.3 is 11.5 Å². The van der Waals surface area contributed by atoms with Gasteiger partial charge in [0.1, 0.15) is 0 Å². The molecule has 82 valence electrons. The highest BCUT2D eigenvalue weighted by atomic mass is 19.1. The molecular weight excluding hydrogens is 205 g/mol. The summed E-state index contributed by atoms with van der Waals surface area (Å²) in [5, 5.41) is 0. The van der Waals surface area contributed by atoms with Gasteiger partial charge in [-0.05, 0) is 29.8 Å². The largest absolute Gasteiger partial charge is 0.398 e. The molecule has 0 radical (unpaired) electrons. The van der Waals surface area contributed by atoms with Crippen LogP contribution in [0.3, 0.4) is 0 Å². The average molecular weight is 217 g/mol. The zero-order valence-electron chi connectivity index (χ0n) is 8.65. The first-order valence-corrected chi connectivity index (χ1v) is 4.91. The van der Waals surface area contributed by atoms with Crippen LogP contribution < -0.4 is 11.5 Å². The first-order chi connectivity index (χ1) is 7.70. The van der Waals surface area contributed by atoms with Crippen molar-refractivity contribution >= 4 is 5.69 Å². The zero-order valence-corrected chi connectivity index (χ0v) is 8.65. The summed E-state index contributed by atoms with van der Waals surface area (Å²) in [6, 6.07) is 8.51. The average Bonchev–Trinajstić information content (AvgIpc) is 2.31. The lowest BCUT2D eigenvalue weighted by atomic mass is 10.0. The maximum absolute atomic E-state index is 12.7. The van der Waals surface area contributed by atoms with E-state index in [1.165, 1.54) is 12.3 Å². The van der Waals surface area contributed by atoms with Gasteiger partial charge in [0, 0.05) is 29.6 Å². The third-order valence-corrected chi connectivity index (χ3v) is 2.39. The predicted molar refractivity (Wildman–Crippen MR) is 61.9 cm³/mol. The lowest BCUT2D eigenvalue weighted by Crippen LogP contribution is -1.98. The minimum absolute atomic E-state index is 0.446. The van der Waals surface area contributed by atoms with Gasteiger partial charge in [-0.2, -0.15) is 4.39 Å².